The normalized spacial score (nSPS) is 10.1. The van der Waals surface area contributed by atoms with Crippen LogP contribution < -0.4 is 20.9 Å². The number of rotatable bonds is 5. The van der Waals surface area contributed by atoms with Crippen molar-refractivity contribution in [1.82, 2.24) is 4.98 Å². The molecule has 3 N–H and O–H groups in total. The third kappa shape index (κ3) is 4.60. The Morgan fingerprint density at radius 3 is 1.81 bits per heavy atom. The van der Waals surface area contributed by atoms with Gasteiger partial charge in [-0.05, 0) is 54.6 Å². The monoisotopic (exact) mass is 363 g/mol. The molecule has 0 atom stereocenters. The summed E-state index contributed by atoms with van der Waals surface area (Å²) in [6.45, 7) is 0. The molecule has 1 aromatic heterocycles. The van der Waals surface area contributed by atoms with Crippen molar-refractivity contribution in [2.45, 2.75) is 0 Å². The molecule has 136 valence electrons. The van der Waals surface area contributed by atoms with Crippen molar-refractivity contribution in [3.8, 4) is 5.75 Å². The van der Waals surface area contributed by atoms with Crippen LogP contribution in [0.5, 0.6) is 5.75 Å². The molecule has 0 aliphatic heterocycles. The Morgan fingerprint density at radius 1 is 0.778 bits per heavy atom. The van der Waals surface area contributed by atoms with Crippen LogP contribution in [0.25, 0.3) is 0 Å². The molecule has 0 saturated heterocycles. The maximum atomic E-state index is 12.3. The number of hydrogen-bond acceptors (Lipinski definition) is 4. The highest BCUT2D eigenvalue weighted by Crippen LogP contribution is 2.17. The van der Waals surface area contributed by atoms with E-state index in [9.17, 15) is 14.4 Å². The van der Waals surface area contributed by atoms with Gasteiger partial charge in [-0.25, -0.2) is 0 Å². The van der Waals surface area contributed by atoms with E-state index in [-0.39, 0.29) is 17.4 Å². The average molecular weight is 363 g/mol. The van der Waals surface area contributed by atoms with Gasteiger partial charge in [0.2, 0.25) is 5.56 Å². The van der Waals surface area contributed by atoms with Crippen molar-refractivity contribution in [3.05, 3.63) is 88.3 Å². The second-order valence-electron chi connectivity index (χ2n) is 5.66. The predicted octanol–water partition coefficient (Wildman–Crippen LogP) is 2.89. The van der Waals surface area contributed by atoms with Gasteiger partial charge in [0.15, 0.2) is 0 Å². The summed E-state index contributed by atoms with van der Waals surface area (Å²) in [6, 6.07) is 16.2. The smallest absolute Gasteiger partial charge is 0.257 e. The number of aromatic amines is 1. The lowest BCUT2D eigenvalue weighted by Crippen LogP contribution is -2.15. The molecule has 0 radical (unpaired) electrons. The Balaban J connectivity index is 1.63. The van der Waals surface area contributed by atoms with E-state index in [2.05, 4.69) is 15.6 Å². The highest BCUT2D eigenvalue weighted by Gasteiger charge is 2.09. The van der Waals surface area contributed by atoms with E-state index in [0.29, 0.717) is 28.3 Å². The van der Waals surface area contributed by atoms with Gasteiger partial charge in [-0.3, -0.25) is 14.4 Å². The van der Waals surface area contributed by atoms with Crippen LogP contribution in [0.3, 0.4) is 0 Å². The van der Waals surface area contributed by atoms with Gasteiger partial charge in [-0.2, -0.15) is 0 Å². The van der Waals surface area contributed by atoms with Crippen molar-refractivity contribution in [1.29, 1.82) is 0 Å². The summed E-state index contributed by atoms with van der Waals surface area (Å²) < 4.78 is 5.08. The van der Waals surface area contributed by atoms with E-state index < -0.39 is 0 Å². The molecule has 0 unspecified atom stereocenters. The maximum Gasteiger partial charge on any atom is 0.257 e. The quantitative estimate of drug-likeness (QED) is 0.649. The number of anilines is 2. The van der Waals surface area contributed by atoms with Crippen LogP contribution >= 0.6 is 0 Å². The molecule has 0 spiro atoms. The zero-order chi connectivity index (χ0) is 19.2. The van der Waals surface area contributed by atoms with Crippen molar-refractivity contribution in [2.75, 3.05) is 17.7 Å². The van der Waals surface area contributed by atoms with Gasteiger partial charge in [0.1, 0.15) is 5.75 Å². The number of carbonyl (C=O) groups is 2. The van der Waals surface area contributed by atoms with Gasteiger partial charge in [0.25, 0.3) is 11.8 Å². The summed E-state index contributed by atoms with van der Waals surface area (Å²) in [5.74, 6) is 0.0796. The number of hydrogen-bond donors (Lipinski definition) is 3. The molecular formula is C20H17N3O4. The van der Waals surface area contributed by atoms with Gasteiger partial charge in [0, 0.05) is 29.2 Å². The van der Waals surface area contributed by atoms with Crippen LogP contribution in [0, 0.1) is 0 Å². The molecule has 1 heterocycles. The SMILES string of the molecule is COc1ccc(NC(=O)c2ccc(NC(=O)c3ccc(=O)[nH]c3)cc2)cc1. The number of benzene rings is 2. The summed E-state index contributed by atoms with van der Waals surface area (Å²) >= 11 is 0. The molecule has 0 aliphatic rings. The Morgan fingerprint density at radius 2 is 1.30 bits per heavy atom. The van der Waals surface area contributed by atoms with E-state index in [1.165, 1.54) is 18.3 Å². The fourth-order valence-corrected chi connectivity index (χ4v) is 2.34. The lowest BCUT2D eigenvalue weighted by molar-refractivity contribution is 0.101. The maximum absolute atomic E-state index is 12.3. The van der Waals surface area contributed by atoms with E-state index in [4.69, 9.17) is 4.74 Å². The Bertz CT molecular complexity index is 988. The van der Waals surface area contributed by atoms with Crippen molar-refractivity contribution in [2.24, 2.45) is 0 Å². The fraction of sp³-hybridized carbons (Fsp3) is 0.0500. The summed E-state index contributed by atoms with van der Waals surface area (Å²) in [6.07, 6.45) is 1.34. The first-order valence-electron chi connectivity index (χ1n) is 8.11. The summed E-state index contributed by atoms with van der Waals surface area (Å²) in [4.78, 5) is 37.9. The predicted molar refractivity (Wildman–Crippen MR) is 102 cm³/mol. The topological polar surface area (TPSA) is 100 Å². The third-order valence-electron chi connectivity index (χ3n) is 3.80. The molecule has 0 fully saturated rings. The minimum absolute atomic E-state index is 0.265. The summed E-state index contributed by atoms with van der Waals surface area (Å²) in [7, 11) is 1.57. The molecule has 0 bridgehead atoms. The van der Waals surface area contributed by atoms with Crippen LogP contribution in [-0.4, -0.2) is 23.9 Å². The van der Waals surface area contributed by atoms with Crippen LogP contribution in [0.1, 0.15) is 20.7 Å². The van der Waals surface area contributed by atoms with Crippen LogP contribution in [0.15, 0.2) is 71.7 Å². The Kier molecular flexibility index (Phi) is 5.32. The van der Waals surface area contributed by atoms with E-state index in [0.717, 1.165) is 0 Å². The molecule has 3 aromatic rings. The summed E-state index contributed by atoms with van der Waals surface area (Å²) in [5.41, 5.74) is 1.69. The zero-order valence-electron chi connectivity index (χ0n) is 14.5. The van der Waals surface area contributed by atoms with Gasteiger partial charge in [-0.1, -0.05) is 0 Å². The number of nitrogens with one attached hydrogen (secondary N) is 3. The minimum Gasteiger partial charge on any atom is -0.497 e. The number of ether oxygens (including phenoxy) is 1. The number of amides is 2. The molecular weight excluding hydrogens is 346 g/mol. The molecule has 2 amide bonds. The van der Waals surface area contributed by atoms with Crippen molar-refractivity contribution in [3.63, 3.8) is 0 Å². The van der Waals surface area contributed by atoms with Crippen LogP contribution in [0.2, 0.25) is 0 Å². The van der Waals surface area contributed by atoms with Crippen molar-refractivity contribution >= 4 is 23.2 Å². The van der Waals surface area contributed by atoms with Gasteiger partial charge in [0.05, 0.1) is 12.7 Å². The number of carbonyl (C=O) groups excluding carboxylic acids is 2. The standard InChI is InChI=1S/C20H17N3O4/c1-27-17-9-7-16(8-10-17)22-19(25)13-2-5-15(6-3-13)23-20(26)14-4-11-18(24)21-12-14/h2-12H,1H3,(H,21,24)(H,22,25)(H,23,26). The molecule has 0 saturated carbocycles. The highest BCUT2D eigenvalue weighted by molar-refractivity contribution is 6.06. The fourth-order valence-electron chi connectivity index (χ4n) is 2.34. The second kappa shape index (κ2) is 8.01. The first kappa shape index (κ1) is 17.9. The van der Waals surface area contributed by atoms with E-state index >= 15 is 0 Å². The lowest BCUT2D eigenvalue weighted by atomic mass is 10.1. The largest absolute Gasteiger partial charge is 0.497 e. The molecule has 7 heteroatoms. The molecule has 7 nitrogen and oxygen atoms in total. The average Bonchev–Trinajstić information content (AvgIpc) is 2.69. The van der Waals surface area contributed by atoms with Gasteiger partial charge >= 0.3 is 0 Å². The number of methoxy groups -OCH3 is 1. The van der Waals surface area contributed by atoms with Crippen molar-refractivity contribution < 1.29 is 14.3 Å². The Labute approximate surface area is 155 Å². The Hall–Kier alpha value is -3.87. The molecule has 0 aliphatic carbocycles. The van der Waals surface area contributed by atoms with Gasteiger partial charge < -0.3 is 20.4 Å². The number of aromatic nitrogens is 1. The zero-order valence-corrected chi connectivity index (χ0v) is 14.5. The number of pyridine rings is 1. The third-order valence-corrected chi connectivity index (χ3v) is 3.80. The summed E-state index contributed by atoms with van der Waals surface area (Å²) in [5, 5.41) is 5.48. The second-order valence-corrected chi connectivity index (χ2v) is 5.66. The van der Waals surface area contributed by atoms with E-state index in [1.54, 1.807) is 55.6 Å². The highest BCUT2D eigenvalue weighted by atomic mass is 16.5. The van der Waals surface area contributed by atoms with Crippen LogP contribution in [0.4, 0.5) is 11.4 Å². The van der Waals surface area contributed by atoms with Crippen LogP contribution in [-0.2, 0) is 0 Å². The first-order chi connectivity index (χ1) is 13.0. The molecule has 3 rings (SSSR count). The first-order valence-corrected chi connectivity index (χ1v) is 8.11. The number of H-pyrrole nitrogens is 1. The van der Waals surface area contributed by atoms with E-state index in [1.807, 2.05) is 0 Å². The minimum atomic E-state index is -0.360. The van der Waals surface area contributed by atoms with Gasteiger partial charge in [-0.15, -0.1) is 0 Å². The lowest BCUT2D eigenvalue weighted by Gasteiger charge is -2.08. The molecule has 2 aromatic carbocycles. The molecule has 27 heavy (non-hydrogen) atoms.